The lowest BCUT2D eigenvalue weighted by molar-refractivity contribution is -0.129. The Morgan fingerprint density at radius 3 is 2.36 bits per heavy atom. The van der Waals surface area contributed by atoms with Crippen molar-refractivity contribution in [3.8, 4) is 11.4 Å². The average molecular weight is 371 g/mol. The number of benzene rings is 1. The molecule has 28 heavy (non-hydrogen) atoms. The van der Waals surface area contributed by atoms with E-state index in [-0.39, 0.29) is 5.91 Å². The largest absolute Gasteiger partial charge is 0.348 e. The summed E-state index contributed by atoms with van der Waals surface area (Å²) >= 11 is 0. The molecule has 0 spiro atoms. The number of aromatic nitrogens is 3. The molecule has 0 saturated heterocycles. The highest BCUT2D eigenvalue weighted by molar-refractivity contribution is 5.74. The molecule has 0 fully saturated rings. The predicted molar refractivity (Wildman–Crippen MR) is 106 cm³/mol. The first-order chi connectivity index (χ1) is 13.7. The number of anilines is 1. The van der Waals surface area contributed by atoms with Crippen LogP contribution < -0.4 is 4.90 Å². The maximum absolute atomic E-state index is 11.9. The molecular weight excluding hydrogens is 350 g/mol. The molecule has 0 unspecified atom stereocenters. The third-order valence-corrected chi connectivity index (χ3v) is 5.57. The monoisotopic (exact) mass is 371 g/mol. The zero-order chi connectivity index (χ0) is 19.1. The van der Waals surface area contributed by atoms with Crippen LogP contribution in [0, 0.1) is 0 Å². The smallest absolute Gasteiger partial charge is 0.219 e. The fourth-order valence-electron chi connectivity index (χ4n) is 4.05. The lowest BCUT2D eigenvalue weighted by Gasteiger charge is -2.30. The van der Waals surface area contributed by atoms with Gasteiger partial charge in [-0.15, -0.1) is 0 Å². The van der Waals surface area contributed by atoms with E-state index in [0.29, 0.717) is 18.9 Å². The summed E-state index contributed by atoms with van der Waals surface area (Å²) in [5.74, 6) is 1.78. The number of amides is 1. The third kappa shape index (κ3) is 2.91. The van der Waals surface area contributed by atoms with Gasteiger partial charge in [0.15, 0.2) is 5.82 Å². The Morgan fingerprint density at radius 1 is 0.964 bits per heavy atom. The summed E-state index contributed by atoms with van der Waals surface area (Å²) in [5, 5.41) is 0. The van der Waals surface area contributed by atoms with Crippen molar-refractivity contribution in [1.29, 1.82) is 0 Å². The van der Waals surface area contributed by atoms with Gasteiger partial charge in [0.05, 0.1) is 12.2 Å². The second kappa shape index (κ2) is 6.71. The summed E-state index contributed by atoms with van der Waals surface area (Å²) in [7, 11) is 0. The van der Waals surface area contributed by atoms with Crippen molar-refractivity contribution in [3.05, 3.63) is 71.2 Å². The standard InChI is InChI=1S/C22H21N5O/c1-15(28)26-11-8-19-20(14-26)24-21(16-6-9-23-10-7-16)25-22(19)27-12-17-4-2-3-5-18(17)13-27/h2-7,9-10H,8,11-14H2,1H3. The predicted octanol–water partition coefficient (Wildman–Crippen LogP) is 2.96. The average Bonchev–Trinajstić information content (AvgIpc) is 3.17. The number of rotatable bonds is 2. The summed E-state index contributed by atoms with van der Waals surface area (Å²) in [6.45, 7) is 4.58. The van der Waals surface area contributed by atoms with Gasteiger partial charge in [-0.2, -0.15) is 0 Å². The Morgan fingerprint density at radius 2 is 1.68 bits per heavy atom. The van der Waals surface area contributed by atoms with Crippen LogP contribution in [0.3, 0.4) is 0 Å². The Balaban J connectivity index is 1.60. The number of fused-ring (bicyclic) bond motifs is 2. The molecule has 0 radical (unpaired) electrons. The maximum atomic E-state index is 11.9. The molecule has 2 aliphatic heterocycles. The van der Waals surface area contributed by atoms with Gasteiger partial charge in [0, 0.05) is 50.1 Å². The molecule has 140 valence electrons. The first-order valence-electron chi connectivity index (χ1n) is 9.56. The normalized spacial score (nSPS) is 15.3. The number of carbonyl (C=O) groups excluding carboxylic acids is 1. The molecule has 0 N–H and O–H groups in total. The van der Waals surface area contributed by atoms with Crippen LogP contribution in [-0.2, 0) is 30.8 Å². The zero-order valence-electron chi connectivity index (χ0n) is 15.8. The van der Waals surface area contributed by atoms with Crippen molar-refractivity contribution in [2.45, 2.75) is 33.0 Å². The second-order valence-corrected chi connectivity index (χ2v) is 7.35. The van der Waals surface area contributed by atoms with Crippen LogP contribution in [0.25, 0.3) is 11.4 Å². The molecule has 6 heteroatoms. The highest BCUT2D eigenvalue weighted by atomic mass is 16.2. The molecule has 1 amide bonds. The second-order valence-electron chi connectivity index (χ2n) is 7.35. The molecule has 2 aromatic heterocycles. The number of pyridine rings is 1. The van der Waals surface area contributed by atoms with E-state index in [1.165, 1.54) is 16.7 Å². The minimum atomic E-state index is 0.0878. The fraction of sp³-hybridized carbons (Fsp3) is 0.273. The third-order valence-electron chi connectivity index (χ3n) is 5.57. The van der Waals surface area contributed by atoms with E-state index in [2.05, 4.69) is 34.1 Å². The summed E-state index contributed by atoms with van der Waals surface area (Å²) in [6, 6.07) is 12.4. The topological polar surface area (TPSA) is 62.2 Å². The molecule has 3 aromatic rings. The van der Waals surface area contributed by atoms with Crippen molar-refractivity contribution in [2.75, 3.05) is 11.4 Å². The molecule has 2 aliphatic rings. The molecular formula is C22H21N5O. The van der Waals surface area contributed by atoms with Crippen LogP contribution in [0.2, 0.25) is 0 Å². The highest BCUT2D eigenvalue weighted by Gasteiger charge is 2.29. The van der Waals surface area contributed by atoms with Crippen molar-refractivity contribution in [2.24, 2.45) is 0 Å². The van der Waals surface area contributed by atoms with Gasteiger partial charge in [0.2, 0.25) is 5.91 Å². The van der Waals surface area contributed by atoms with E-state index >= 15 is 0 Å². The molecule has 0 bridgehead atoms. The first-order valence-corrected chi connectivity index (χ1v) is 9.56. The maximum Gasteiger partial charge on any atom is 0.219 e. The van der Waals surface area contributed by atoms with Gasteiger partial charge >= 0.3 is 0 Å². The Hall–Kier alpha value is -3.28. The van der Waals surface area contributed by atoms with Crippen molar-refractivity contribution >= 4 is 11.7 Å². The van der Waals surface area contributed by atoms with Crippen LogP contribution in [-0.4, -0.2) is 32.3 Å². The van der Waals surface area contributed by atoms with Gasteiger partial charge in [-0.1, -0.05) is 24.3 Å². The van der Waals surface area contributed by atoms with Gasteiger partial charge in [-0.05, 0) is 29.7 Å². The van der Waals surface area contributed by atoms with Crippen LogP contribution >= 0.6 is 0 Å². The quantitative estimate of drug-likeness (QED) is 0.693. The van der Waals surface area contributed by atoms with Crippen LogP contribution in [0.5, 0.6) is 0 Å². The van der Waals surface area contributed by atoms with Gasteiger partial charge in [0.1, 0.15) is 5.82 Å². The van der Waals surface area contributed by atoms with Crippen molar-refractivity contribution < 1.29 is 4.79 Å². The Bertz CT molecular complexity index is 1030. The van der Waals surface area contributed by atoms with E-state index in [4.69, 9.17) is 9.97 Å². The summed E-state index contributed by atoms with van der Waals surface area (Å²) in [4.78, 5) is 30.0. The van der Waals surface area contributed by atoms with E-state index in [9.17, 15) is 4.79 Å². The Labute approximate surface area is 163 Å². The lowest BCUT2D eigenvalue weighted by Crippen LogP contribution is -2.36. The van der Waals surface area contributed by atoms with Gasteiger partial charge < -0.3 is 9.80 Å². The number of nitrogens with zero attached hydrogens (tertiary/aromatic N) is 5. The van der Waals surface area contributed by atoms with Gasteiger partial charge in [-0.3, -0.25) is 9.78 Å². The SMILES string of the molecule is CC(=O)N1CCc2c(nc(-c3ccncc3)nc2N2Cc3ccccc3C2)C1. The van der Waals surface area contributed by atoms with Crippen molar-refractivity contribution in [3.63, 3.8) is 0 Å². The van der Waals surface area contributed by atoms with Crippen molar-refractivity contribution in [1.82, 2.24) is 19.9 Å². The van der Waals surface area contributed by atoms with Crippen LogP contribution in [0.4, 0.5) is 5.82 Å². The molecule has 0 aliphatic carbocycles. The minimum absolute atomic E-state index is 0.0878. The fourth-order valence-corrected chi connectivity index (χ4v) is 4.05. The van der Waals surface area contributed by atoms with Gasteiger partial charge in [0.25, 0.3) is 0 Å². The molecule has 0 atom stereocenters. The summed E-state index contributed by atoms with van der Waals surface area (Å²) in [6.07, 6.45) is 4.30. The van der Waals surface area contributed by atoms with E-state index in [0.717, 1.165) is 36.6 Å². The zero-order valence-corrected chi connectivity index (χ0v) is 15.8. The number of hydrogen-bond acceptors (Lipinski definition) is 5. The van der Waals surface area contributed by atoms with E-state index < -0.39 is 0 Å². The Kier molecular flexibility index (Phi) is 4.04. The molecule has 5 rings (SSSR count). The van der Waals surface area contributed by atoms with Crippen LogP contribution in [0.15, 0.2) is 48.8 Å². The minimum Gasteiger partial charge on any atom is -0.348 e. The molecule has 4 heterocycles. The van der Waals surface area contributed by atoms with E-state index in [1.807, 2.05) is 17.0 Å². The number of hydrogen-bond donors (Lipinski definition) is 0. The molecule has 0 saturated carbocycles. The lowest BCUT2D eigenvalue weighted by atomic mass is 10.0. The summed E-state index contributed by atoms with van der Waals surface area (Å²) < 4.78 is 0. The number of carbonyl (C=O) groups is 1. The summed E-state index contributed by atoms with van der Waals surface area (Å²) in [5.41, 5.74) is 5.76. The van der Waals surface area contributed by atoms with Gasteiger partial charge in [-0.25, -0.2) is 9.97 Å². The molecule has 6 nitrogen and oxygen atoms in total. The molecule has 1 aromatic carbocycles. The highest BCUT2D eigenvalue weighted by Crippen LogP contribution is 2.34. The van der Waals surface area contributed by atoms with Crippen LogP contribution in [0.1, 0.15) is 29.3 Å². The van der Waals surface area contributed by atoms with E-state index in [1.54, 1.807) is 19.3 Å². The first kappa shape index (κ1) is 16.9.